The maximum atomic E-state index is 12.4. The molecule has 0 unspecified atom stereocenters. The first-order valence-electron chi connectivity index (χ1n) is 7.66. The van der Waals surface area contributed by atoms with Gasteiger partial charge in [-0.2, -0.15) is 5.10 Å². The van der Waals surface area contributed by atoms with Gasteiger partial charge in [0.2, 0.25) is 5.91 Å². The van der Waals surface area contributed by atoms with Crippen LogP contribution in [0, 0.1) is 0 Å². The maximum absolute atomic E-state index is 12.4. The van der Waals surface area contributed by atoms with E-state index in [1.54, 1.807) is 17.5 Å². The molecular weight excluding hydrogens is 298 g/mol. The molecule has 0 aromatic carbocycles. The van der Waals surface area contributed by atoms with Crippen LogP contribution in [0.3, 0.4) is 0 Å². The summed E-state index contributed by atoms with van der Waals surface area (Å²) in [5, 5.41) is 7.28. The number of carbonyl (C=O) groups excluding carboxylic acids is 1. The Hall–Kier alpha value is -1.73. The summed E-state index contributed by atoms with van der Waals surface area (Å²) in [6.07, 6.45) is 6.91. The van der Waals surface area contributed by atoms with Crippen LogP contribution < -0.4 is 5.73 Å². The fraction of sp³-hybridized carbons (Fsp3) is 0.533. The zero-order valence-corrected chi connectivity index (χ0v) is 13.3. The molecule has 0 saturated carbocycles. The average Bonchev–Trinajstić information content (AvgIpc) is 3.20. The van der Waals surface area contributed by atoms with Crippen LogP contribution in [-0.2, 0) is 17.6 Å². The number of hydrogen-bond donors (Lipinski definition) is 1. The van der Waals surface area contributed by atoms with Crippen molar-refractivity contribution in [2.24, 2.45) is 5.73 Å². The van der Waals surface area contributed by atoms with Gasteiger partial charge in [0.1, 0.15) is 0 Å². The van der Waals surface area contributed by atoms with E-state index < -0.39 is 0 Å². The second-order valence-electron chi connectivity index (χ2n) is 5.55. The molecule has 0 bridgehead atoms. The first kappa shape index (κ1) is 15.2. The molecule has 1 fully saturated rings. The quantitative estimate of drug-likeness (QED) is 0.900. The third kappa shape index (κ3) is 3.53. The van der Waals surface area contributed by atoms with Crippen LogP contribution in [0.2, 0.25) is 0 Å². The topological polar surface area (TPSA) is 77.0 Å². The van der Waals surface area contributed by atoms with Crippen LogP contribution in [-0.4, -0.2) is 45.2 Å². The lowest BCUT2D eigenvalue weighted by atomic mass is 10.0. The van der Waals surface area contributed by atoms with Gasteiger partial charge in [-0.1, -0.05) is 0 Å². The summed E-state index contributed by atoms with van der Waals surface area (Å²) in [6.45, 7) is 2.19. The van der Waals surface area contributed by atoms with Crippen molar-refractivity contribution in [3.63, 3.8) is 0 Å². The Morgan fingerprint density at radius 1 is 1.41 bits per heavy atom. The smallest absolute Gasteiger partial charge is 0.228 e. The van der Waals surface area contributed by atoms with Crippen molar-refractivity contribution in [3.8, 4) is 0 Å². The Kier molecular flexibility index (Phi) is 4.84. The van der Waals surface area contributed by atoms with Crippen LogP contribution >= 0.6 is 11.3 Å². The first-order chi connectivity index (χ1) is 10.8. The highest BCUT2D eigenvalue weighted by molar-refractivity contribution is 7.09. The molecular formula is C15H21N5OS. The van der Waals surface area contributed by atoms with Gasteiger partial charge in [0, 0.05) is 37.3 Å². The number of nitrogens with zero attached hydrogens (tertiary/aromatic N) is 4. The van der Waals surface area contributed by atoms with Crippen molar-refractivity contribution in [1.82, 2.24) is 19.7 Å². The second-order valence-corrected chi connectivity index (χ2v) is 6.49. The number of likely N-dealkylation sites (tertiary alicyclic amines) is 1. The van der Waals surface area contributed by atoms with Crippen molar-refractivity contribution in [2.75, 3.05) is 19.6 Å². The number of rotatable bonds is 5. The summed E-state index contributed by atoms with van der Waals surface area (Å²) in [4.78, 5) is 18.8. The van der Waals surface area contributed by atoms with Crippen LogP contribution in [0.25, 0.3) is 0 Å². The highest BCUT2D eigenvalue weighted by Gasteiger charge is 2.24. The molecule has 1 aliphatic rings. The molecule has 1 amide bonds. The summed E-state index contributed by atoms with van der Waals surface area (Å²) >= 11 is 1.59. The molecule has 2 aromatic rings. The Morgan fingerprint density at radius 3 is 2.91 bits per heavy atom. The first-order valence-corrected chi connectivity index (χ1v) is 8.54. The minimum absolute atomic E-state index is 0.170. The lowest BCUT2D eigenvalue weighted by molar-refractivity contribution is -0.131. The van der Waals surface area contributed by atoms with Gasteiger partial charge < -0.3 is 10.6 Å². The van der Waals surface area contributed by atoms with Gasteiger partial charge in [0.15, 0.2) is 0 Å². The van der Waals surface area contributed by atoms with Crippen molar-refractivity contribution in [3.05, 3.63) is 34.5 Å². The molecule has 2 aromatic heterocycles. The molecule has 7 heteroatoms. The van der Waals surface area contributed by atoms with E-state index in [0.717, 1.165) is 43.1 Å². The molecule has 3 heterocycles. The number of carbonyl (C=O) groups is 1. The normalized spacial score (nSPS) is 16.1. The van der Waals surface area contributed by atoms with Gasteiger partial charge in [-0.25, -0.2) is 4.98 Å². The predicted molar refractivity (Wildman–Crippen MR) is 85.7 cm³/mol. The second kappa shape index (κ2) is 7.02. The van der Waals surface area contributed by atoms with Crippen molar-refractivity contribution < 1.29 is 4.79 Å². The molecule has 22 heavy (non-hydrogen) atoms. The van der Waals surface area contributed by atoms with Crippen molar-refractivity contribution in [1.29, 1.82) is 0 Å². The fourth-order valence-electron chi connectivity index (χ4n) is 2.81. The van der Waals surface area contributed by atoms with E-state index in [1.807, 2.05) is 27.2 Å². The Balaban J connectivity index is 1.51. The van der Waals surface area contributed by atoms with E-state index in [9.17, 15) is 4.79 Å². The number of hydrogen-bond acceptors (Lipinski definition) is 5. The monoisotopic (exact) mass is 319 g/mol. The Morgan fingerprint density at radius 2 is 2.23 bits per heavy atom. The fourth-order valence-corrected chi connectivity index (χ4v) is 3.63. The molecule has 2 N–H and O–H groups in total. The Labute approximate surface area is 133 Å². The number of aromatic nitrogens is 3. The number of thiazole rings is 1. The molecule has 1 aliphatic heterocycles. The van der Waals surface area contributed by atoms with E-state index in [-0.39, 0.29) is 5.91 Å². The summed E-state index contributed by atoms with van der Waals surface area (Å²) in [6, 6.07) is 2.35. The van der Waals surface area contributed by atoms with Crippen LogP contribution in [0.5, 0.6) is 0 Å². The van der Waals surface area contributed by atoms with Crippen LogP contribution in [0.4, 0.5) is 0 Å². The Bertz CT molecular complexity index is 601. The molecule has 0 atom stereocenters. The molecule has 3 rings (SSSR count). The maximum Gasteiger partial charge on any atom is 0.228 e. The SMILES string of the molecule is NCCc1nc(CC(=O)N2CCC(n3cccn3)CC2)cs1. The lowest BCUT2D eigenvalue weighted by Gasteiger charge is -2.32. The largest absolute Gasteiger partial charge is 0.342 e. The third-order valence-electron chi connectivity index (χ3n) is 4.01. The summed E-state index contributed by atoms with van der Waals surface area (Å²) in [5.74, 6) is 0.170. The highest BCUT2D eigenvalue weighted by Crippen LogP contribution is 2.22. The van der Waals surface area contributed by atoms with E-state index in [4.69, 9.17) is 5.73 Å². The van der Waals surface area contributed by atoms with Crippen LogP contribution in [0.1, 0.15) is 29.6 Å². The number of nitrogens with two attached hydrogens (primary N) is 1. The third-order valence-corrected chi connectivity index (χ3v) is 4.96. The highest BCUT2D eigenvalue weighted by atomic mass is 32.1. The molecule has 1 saturated heterocycles. The summed E-state index contributed by atoms with van der Waals surface area (Å²) in [7, 11) is 0. The molecule has 0 spiro atoms. The van der Waals surface area contributed by atoms with Gasteiger partial charge in [-0.3, -0.25) is 9.48 Å². The summed E-state index contributed by atoms with van der Waals surface area (Å²) < 4.78 is 2.00. The molecule has 118 valence electrons. The zero-order valence-electron chi connectivity index (χ0n) is 12.5. The van der Waals surface area contributed by atoms with Crippen molar-refractivity contribution >= 4 is 17.2 Å². The van der Waals surface area contributed by atoms with Crippen molar-refractivity contribution in [2.45, 2.75) is 31.7 Å². The van der Waals surface area contributed by atoms with E-state index in [1.165, 1.54) is 0 Å². The van der Waals surface area contributed by atoms with Gasteiger partial charge in [0.25, 0.3) is 0 Å². The minimum Gasteiger partial charge on any atom is -0.342 e. The van der Waals surface area contributed by atoms with Gasteiger partial charge in [-0.05, 0) is 25.5 Å². The zero-order chi connectivity index (χ0) is 15.4. The van der Waals surface area contributed by atoms with E-state index >= 15 is 0 Å². The number of piperidine rings is 1. The molecule has 0 radical (unpaired) electrons. The predicted octanol–water partition coefficient (Wildman–Crippen LogP) is 1.25. The van der Waals surface area contributed by atoms with Crippen LogP contribution in [0.15, 0.2) is 23.8 Å². The average molecular weight is 319 g/mol. The number of amides is 1. The standard InChI is InChI=1S/C15H21N5OS/c16-5-2-14-18-12(11-22-14)10-15(21)19-8-3-13(4-9-19)20-7-1-6-17-20/h1,6-7,11,13H,2-5,8-10,16H2. The van der Waals surface area contributed by atoms with Gasteiger partial charge >= 0.3 is 0 Å². The molecule has 0 aliphatic carbocycles. The minimum atomic E-state index is 0.170. The van der Waals surface area contributed by atoms with E-state index in [0.29, 0.717) is 19.0 Å². The summed E-state index contributed by atoms with van der Waals surface area (Å²) in [5.41, 5.74) is 6.39. The van der Waals surface area contributed by atoms with Gasteiger partial charge in [-0.15, -0.1) is 11.3 Å². The van der Waals surface area contributed by atoms with Gasteiger partial charge in [0.05, 0.1) is 23.2 Å². The van der Waals surface area contributed by atoms with E-state index in [2.05, 4.69) is 10.1 Å². The lowest BCUT2D eigenvalue weighted by Crippen LogP contribution is -2.40. The molecule has 6 nitrogen and oxygen atoms in total.